The maximum absolute atomic E-state index is 11.7. The van der Waals surface area contributed by atoms with E-state index in [1.54, 1.807) is 0 Å². The van der Waals surface area contributed by atoms with Gasteiger partial charge in [0.1, 0.15) is 11.7 Å². The fraction of sp³-hybridized carbons (Fsp3) is 0.556. The minimum atomic E-state index is -0.677. The zero-order chi connectivity index (χ0) is 16.0. The van der Waals surface area contributed by atoms with Crippen molar-refractivity contribution in [1.29, 1.82) is 0 Å². The summed E-state index contributed by atoms with van der Waals surface area (Å²) < 4.78 is 2.09. The molecule has 2 fully saturated rings. The summed E-state index contributed by atoms with van der Waals surface area (Å²) in [6.45, 7) is 2.73. The number of rotatable bonds is 3. The number of hydrogen-bond acceptors (Lipinski definition) is 3. The van der Waals surface area contributed by atoms with Crippen molar-refractivity contribution < 1.29 is 9.90 Å². The van der Waals surface area contributed by atoms with Crippen molar-refractivity contribution in [2.24, 2.45) is 5.92 Å². The summed E-state index contributed by atoms with van der Waals surface area (Å²) in [7, 11) is 0. The van der Waals surface area contributed by atoms with Gasteiger partial charge in [-0.2, -0.15) is 0 Å². The molecule has 1 aliphatic heterocycles. The number of hydrogen-bond donors (Lipinski definition) is 1. The molecule has 1 saturated carbocycles. The lowest BCUT2D eigenvalue weighted by Gasteiger charge is -2.32. The van der Waals surface area contributed by atoms with Crippen LogP contribution in [0.5, 0.6) is 0 Å². The molecule has 23 heavy (non-hydrogen) atoms. The van der Waals surface area contributed by atoms with Gasteiger partial charge in [-0.15, -0.1) is 0 Å². The van der Waals surface area contributed by atoms with E-state index in [1.165, 1.54) is 24.8 Å². The molecule has 5 nitrogen and oxygen atoms in total. The average Bonchev–Trinajstić information content (AvgIpc) is 3.10. The van der Waals surface area contributed by atoms with Gasteiger partial charge in [0.25, 0.3) is 0 Å². The Kier molecular flexibility index (Phi) is 3.60. The first kappa shape index (κ1) is 14.7. The zero-order valence-electron chi connectivity index (χ0n) is 13.5. The maximum Gasteiger partial charge on any atom is 0.320 e. The fourth-order valence-corrected chi connectivity index (χ4v) is 4.46. The number of pyridine rings is 1. The molecule has 3 atom stereocenters. The predicted octanol–water partition coefficient (Wildman–Crippen LogP) is 2.86. The van der Waals surface area contributed by atoms with Crippen LogP contribution in [0.2, 0.25) is 0 Å². The topological polar surface area (TPSA) is 57.8 Å². The van der Waals surface area contributed by atoms with Crippen LogP contribution in [0.4, 0.5) is 0 Å². The molecule has 1 saturated heterocycles. The number of aromatic nitrogens is 2. The number of aryl methyl sites for hydroxylation is 1. The molecule has 0 bridgehead atoms. The standard InChI is InChI=1S/C18H23N3O2/c1-12-6-7-20-14(10-19-17(20)8-12)11-21-15-5-3-2-4-13(15)9-16(21)18(22)23/h6-8,10,13,15-16H,2-5,9,11H2,1H3,(H,22,23). The van der Waals surface area contributed by atoms with Crippen molar-refractivity contribution in [2.75, 3.05) is 0 Å². The van der Waals surface area contributed by atoms with E-state index >= 15 is 0 Å². The second-order valence-corrected chi connectivity index (χ2v) is 7.06. The van der Waals surface area contributed by atoms with Gasteiger partial charge in [0.2, 0.25) is 0 Å². The second-order valence-electron chi connectivity index (χ2n) is 7.06. The van der Waals surface area contributed by atoms with E-state index in [4.69, 9.17) is 0 Å². The Labute approximate surface area is 135 Å². The first-order valence-electron chi connectivity index (χ1n) is 8.54. The number of fused-ring (bicyclic) bond motifs is 2. The fourth-order valence-electron chi connectivity index (χ4n) is 4.46. The van der Waals surface area contributed by atoms with E-state index in [1.807, 2.05) is 12.4 Å². The summed E-state index contributed by atoms with van der Waals surface area (Å²) in [5, 5.41) is 9.64. The Bertz CT molecular complexity index is 739. The molecule has 0 amide bonds. The van der Waals surface area contributed by atoms with Crippen LogP contribution in [0.15, 0.2) is 24.5 Å². The van der Waals surface area contributed by atoms with Crippen LogP contribution < -0.4 is 0 Å². The highest BCUT2D eigenvalue weighted by Gasteiger charge is 2.45. The molecule has 122 valence electrons. The molecule has 3 unspecified atom stereocenters. The molecule has 5 heteroatoms. The minimum Gasteiger partial charge on any atom is -0.480 e. The van der Waals surface area contributed by atoms with Crippen molar-refractivity contribution in [1.82, 2.24) is 14.3 Å². The molecule has 2 aliphatic rings. The minimum absolute atomic E-state index is 0.348. The third-order valence-corrected chi connectivity index (χ3v) is 5.60. The van der Waals surface area contributed by atoms with E-state index in [2.05, 4.69) is 33.3 Å². The van der Waals surface area contributed by atoms with Gasteiger partial charge in [-0.1, -0.05) is 12.8 Å². The van der Waals surface area contributed by atoms with Crippen LogP contribution in [-0.2, 0) is 11.3 Å². The summed E-state index contributed by atoms with van der Waals surface area (Å²) in [4.78, 5) is 18.4. The van der Waals surface area contributed by atoms with Crippen LogP contribution >= 0.6 is 0 Å². The molecule has 0 aromatic carbocycles. The molecular weight excluding hydrogens is 290 g/mol. The molecule has 0 radical (unpaired) electrons. The number of imidazole rings is 1. The lowest BCUT2D eigenvalue weighted by Crippen LogP contribution is -2.41. The van der Waals surface area contributed by atoms with Crippen LogP contribution in [0.25, 0.3) is 5.65 Å². The average molecular weight is 313 g/mol. The highest BCUT2D eigenvalue weighted by molar-refractivity contribution is 5.74. The monoisotopic (exact) mass is 313 g/mol. The van der Waals surface area contributed by atoms with Crippen LogP contribution in [0.3, 0.4) is 0 Å². The van der Waals surface area contributed by atoms with Crippen LogP contribution in [0, 0.1) is 12.8 Å². The van der Waals surface area contributed by atoms with Gasteiger partial charge in [0.15, 0.2) is 0 Å². The van der Waals surface area contributed by atoms with Crippen molar-refractivity contribution in [3.63, 3.8) is 0 Å². The molecule has 0 spiro atoms. The predicted molar refractivity (Wildman–Crippen MR) is 87.3 cm³/mol. The number of likely N-dealkylation sites (tertiary alicyclic amines) is 1. The molecule has 1 aliphatic carbocycles. The van der Waals surface area contributed by atoms with Gasteiger partial charge in [0, 0.05) is 18.8 Å². The lowest BCUT2D eigenvalue weighted by atomic mass is 9.85. The molecule has 2 aromatic rings. The highest BCUT2D eigenvalue weighted by Crippen LogP contribution is 2.40. The molecule has 4 rings (SSSR count). The number of carbonyl (C=O) groups is 1. The zero-order valence-corrected chi connectivity index (χ0v) is 13.5. The van der Waals surface area contributed by atoms with Crippen molar-refractivity contribution in [2.45, 2.75) is 57.7 Å². The van der Waals surface area contributed by atoms with Gasteiger partial charge in [-0.3, -0.25) is 9.69 Å². The Hall–Kier alpha value is -1.88. The summed E-state index contributed by atoms with van der Waals surface area (Å²) in [5.41, 5.74) is 3.20. The van der Waals surface area contributed by atoms with E-state index in [0.717, 1.165) is 24.2 Å². The largest absolute Gasteiger partial charge is 0.480 e. The van der Waals surface area contributed by atoms with Crippen LogP contribution in [-0.4, -0.2) is 37.4 Å². The third kappa shape index (κ3) is 2.53. The summed E-state index contributed by atoms with van der Waals surface area (Å²) >= 11 is 0. The first-order chi connectivity index (χ1) is 11.1. The van der Waals surface area contributed by atoms with Gasteiger partial charge in [-0.25, -0.2) is 4.98 Å². The quantitative estimate of drug-likeness (QED) is 0.946. The maximum atomic E-state index is 11.7. The second kappa shape index (κ2) is 5.64. The SMILES string of the molecule is Cc1ccn2c(CN3C(C(=O)O)CC4CCCCC43)cnc2c1. The Morgan fingerprint density at radius 3 is 3.04 bits per heavy atom. The Morgan fingerprint density at radius 1 is 1.39 bits per heavy atom. The highest BCUT2D eigenvalue weighted by atomic mass is 16.4. The number of carboxylic acid groups (broad SMARTS) is 1. The molecule has 3 heterocycles. The lowest BCUT2D eigenvalue weighted by molar-refractivity contribution is -0.142. The number of aliphatic carboxylic acids is 1. The summed E-state index contributed by atoms with van der Waals surface area (Å²) in [5.74, 6) is -0.129. The summed E-state index contributed by atoms with van der Waals surface area (Å²) in [6, 6.07) is 4.20. The van der Waals surface area contributed by atoms with E-state index in [-0.39, 0.29) is 6.04 Å². The number of carboxylic acids is 1. The van der Waals surface area contributed by atoms with Crippen LogP contribution in [0.1, 0.15) is 43.4 Å². The molecular formula is C18H23N3O2. The van der Waals surface area contributed by atoms with Gasteiger partial charge < -0.3 is 9.51 Å². The summed E-state index contributed by atoms with van der Waals surface area (Å²) in [6.07, 6.45) is 9.51. The van der Waals surface area contributed by atoms with E-state index in [0.29, 0.717) is 18.5 Å². The smallest absolute Gasteiger partial charge is 0.320 e. The normalized spacial score (nSPS) is 28.1. The van der Waals surface area contributed by atoms with Gasteiger partial charge in [0.05, 0.1) is 11.9 Å². The van der Waals surface area contributed by atoms with Crippen molar-refractivity contribution >= 4 is 11.6 Å². The molecule has 2 aromatic heterocycles. The van der Waals surface area contributed by atoms with Gasteiger partial charge >= 0.3 is 5.97 Å². The first-order valence-corrected chi connectivity index (χ1v) is 8.54. The van der Waals surface area contributed by atoms with E-state index < -0.39 is 5.97 Å². The Morgan fingerprint density at radius 2 is 2.22 bits per heavy atom. The van der Waals surface area contributed by atoms with E-state index in [9.17, 15) is 9.90 Å². The molecule has 1 N–H and O–H groups in total. The third-order valence-electron chi connectivity index (χ3n) is 5.60. The van der Waals surface area contributed by atoms with Gasteiger partial charge in [-0.05, 0) is 49.8 Å². The number of nitrogens with zero attached hydrogens (tertiary/aromatic N) is 3. The van der Waals surface area contributed by atoms with Crippen molar-refractivity contribution in [3.8, 4) is 0 Å². The Balaban J connectivity index is 1.65. The van der Waals surface area contributed by atoms with Crippen molar-refractivity contribution in [3.05, 3.63) is 35.8 Å².